The summed E-state index contributed by atoms with van der Waals surface area (Å²) in [6.45, 7) is 3.49. The summed E-state index contributed by atoms with van der Waals surface area (Å²) in [6, 6.07) is 11.9. The Hall–Kier alpha value is -2.93. The third-order valence-electron chi connectivity index (χ3n) is 4.35. The van der Waals surface area contributed by atoms with E-state index in [2.05, 4.69) is 31.8 Å². The van der Waals surface area contributed by atoms with Gasteiger partial charge in [0, 0.05) is 24.2 Å². The quantitative estimate of drug-likeness (QED) is 0.384. The van der Waals surface area contributed by atoms with Crippen LogP contribution in [0.25, 0.3) is 21.9 Å². The van der Waals surface area contributed by atoms with Crippen LogP contribution in [0.3, 0.4) is 0 Å². The highest BCUT2D eigenvalue weighted by molar-refractivity contribution is 7.71. The maximum absolute atomic E-state index is 6.01. The second-order valence-corrected chi connectivity index (χ2v) is 6.22. The zero-order chi connectivity index (χ0) is 17.4. The average Bonchev–Trinajstić information content (AvgIpc) is 2.93. The number of hydrogen-bond acceptors (Lipinski definition) is 5. The molecule has 126 valence electrons. The minimum Gasteiger partial charge on any atom is -0.398 e. The zero-order valence-corrected chi connectivity index (χ0v) is 14.6. The fourth-order valence-electron chi connectivity index (χ4n) is 3.04. The molecule has 2 heterocycles. The van der Waals surface area contributed by atoms with E-state index in [4.69, 9.17) is 18.0 Å². The van der Waals surface area contributed by atoms with Crippen LogP contribution in [0.4, 0.5) is 11.5 Å². The SMILES string of the molecule is CCn1c(=S)[nH]c2cc3c(NCc4ccccc4N)ncnc3cc21. The van der Waals surface area contributed by atoms with Gasteiger partial charge in [0.2, 0.25) is 0 Å². The van der Waals surface area contributed by atoms with Crippen molar-refractivity contribution < 1.29 is 0 Å². The van der Waals surface area contributed by atoms with Crippen LogP contribution in [0.15, 0.2) is 42.7 Å². The van der Waals surface area contributed by atoms with Crippen LogP contribution >= 0.6 is 12.2 Å². The van der Waals surface area contributed by atoms with Crippen molar-refractivity contribution in [2.75, 3.05) is 11.1 Å². The van der Waals surface area contributed by atoms with Gasteiger partial charge >= 0.3 is 0 Å². The first-order chi connectivity index (χ1) is 12.2. The number of hydrogen-bond donors (Lipinski definition) is 3. The van der Waals surface area contributed by atoms with Gasteiger partial charge in [-0.15, -0.1) is 0 Å². The van der Waals surface area contributed by atoms with Crippen molar-refractivity contribution in [1.82, 2.24) is 19.5 Å². The standard InChI is InChI=1S/C18H18N6S/c1-2-24-16-8-14-12(7-15(16)23-18(24)25)17(22-10-21-14)20-9-11-5-3-4-6-13(11)19/h3-8,10H,2,9,19H2,1H3,(H,23,25)(H,20,21,22). The molecule has 0 radical (unpaired) electrons. The summed E-state index contributed by atoms with van der Waals surface area (Å²) >= 11 is 5.39. The van der Waals surface area contributed by atoms with E-state index >= 15 is 0 Å². The lowest BCUT2D eigenvalue weighted by atomic mass is 10.1. The predicted molar refractivity (Wildman–Crippen MR) is 104 cm³/mol. The van der Waals surface area contributed by atoms with Gasteiger partial charge in [-0.25, -0.2) is 9.97 Å². The molecule has 0 saturated heterocycles. The van der Waals surface area contributed by atoms with E-state index in [0.29, 0.717) is 11.3 Å². The van der Waals surface area contributed by atoms with Gasteiger partial charge in [0.1, 0.15) is 12.1 Å². The molecule has 0 bridgehead atoms. The number of H-pyrrole nitrogens is 1. The summed E-state index contributed by atoms with van der Waals surface area (Å²) in [5, 5.41) is 4.32. The molecule has 4 rings (SSSR count). The summed E-state index contributed by atoms with van der Waals surface area (Å²) < 4.78 is 2.77. The molecule has 4 aromatic rings. The average molecular weight is 350 g/mol. The first kappa shape index (κ1) is 15.6. The van der Waals surface area contributed by atoms with E-state index in [1.165, 1.54) is 0 Å². The number of fused-ring (bicyclic) bond motifs is 2. The van der Waals surface area contributed by atoms with Gasteiger partial charge < -0.3 is 20.6 Å². The first-order valence-electron chi connectivity index (χ1n) is 8.12. The Bertz CT molecular complexity index is 1130. The molecule has 2 aromatic carbocycles. The van der Waals surface area contributed by atoms with E-state index in [0.717, 1.165) is 45.5 Å². The lowest BCUT2D eigenvalue weighted by Gasteiger charge is -2.10. The third kappa shape index (κ3) is 2.72. The van der Waals surface area contributed by atoms with Gasteiger partial charge in [0.15, 0.2) is 4.77 Å². The van der Waals surface area contributed by atoms with Crippen molar-refractivity contribution in [3.63, 3.8) is 0 Å². The molecule has 0 atom stereocenters. The van der Waals surface area contributed by atoms with Crippen LogP contribution in [0, 0.1) is 4.77 Å². The smallest absolute Gasteiger partial charge is 0.178 e. The Morgan fingerprint density at radius 3 is 2.88 bits per heavy atom. The van der Waals surface area contributed by atoms with Crippen LogP contribution in [-0.4, -0.2) is 19.5 Å². The molecule has 0 saturated carbocycles. The number of imidazole rings is 1. The van der Waals surface area contributed by atoms with E-state index in [1.54, 1.807) is 6.33 Å². The topological polar surface area (TPSA) is 84.5 Å². The molecule has 0 amide bonds. The van der Waals surface area contributed by atoms with Crippen LogP contribution in [-0.2, 0) is 13.1 Å². The second kappa shape index (κ2) is 6.18. The van der Waals surface area contributed by atoms with E-state index in [9.17, 15) is 0 Å². The van der Waals surface area contributed by atoms with E-state index in [1.807, 2.05) is 36.4 Å². The number of aromatic amines is 1. The number of benzene rings is 2. The molecule has 25 heavy (non-hydrogen) atoms. The summed E-state index contributed by atoms with van der Waals surface area (Å²) in [5.74, 6) is 0.777. The normalized spacial score (nSPS) is 11.2. The lowest BCUT2D eigenvalue weighted by Crippen LogP contribution is -2.05. The summed E-state index contributed by atoms with van der Waals surface area (Å²) in [4.78, 5) is 12.1. The van der Waals surface area contributed by atoms with Crippen molar-refractivity contribution in [2.45, 2.75) is 20.0 Å². The van der Waals surface area contributed by atoms with Gasteiger partial charge in [-0.3, -0.25) is 0 Å². The van der Waals surface area contributed by atoms with E-state index < -0.39 is 0 Å². The number of para-hydroxylation sites is 1. The van der Waals surface area contributed by atoms with Crippen molar-refractivity contribution in [1.29, 1.82) is 0 Å². The molecule has 7 heteroatoms. The Kier molecular flexibility index (Phi) is 3.85. The molecule has 2 aromatic heterocycles. The van der Waals surface area contributed by atoms with Gasteiger partial charge in [-0.1, -0.05) is 18.2 Å². The van der Waals surface area contributed by atoms with E-state index in [-0.39, 0.29) is 0 Å². The lowest BCUT2D eigenvalue weighted by molar-refractivity contribution is 0.774. The molecular weight excluding hydrogens is 332 g/mol. The maximum atomic E-state index is 6.01. The Morgan fingerprint density at radius 2 is 2.08 bits per heavy atom. The molecule has 0 aliphatic heterocycles. The maximum Gasteiger partial charge on any atom is 0.178 e. The number of nitrogens with two attached hydrogens (primary N) is 1. The first-order valence-corrected chi connectivity index (χ1v) is 8.52. The largest absolute Gasteiger partial charge is 0.398 e. The monoisotopic (exact) mass is 350 g/mol. The number of nitrogens with one attached hydrogen (secondary N) is 2. The molecule has 4 N–H and O–H groups in total. The van der Waals surface area contributed by atoms with Gasteiger partial charge in [-0.2, -0.15) is 0 Å². The Balaban J connectivity index is 1.78. The van der Waals surface area contributed by atoms with Crippen LogP contribution in [0.5, 0.6) is 0 Å². The van der Waals surface area contributed by atoms with Crippen LogP contribution in [0.1, 0.15) is 12.5 Å². The number of anilines is 2. The fraction of sp³-hybridized carbons (Fsp3) is 0.167. The van der Waals surface area contributed by atoms with Crippen molar-refractivity contribution in [3.05, 3.63) is 53.1 Å². The highest BCUT2D eigenvalue weighted by atomic mass is 32.1. The molecule has 6 nitrogen and oxygen atoms in total. The van der Waals surface area contributed by atoms with Crippen molar-refractivity contribution in [3.8, 4) is 0 Å². The molecule has 0 spiro atoms. The number of nitrogen functional groups attached to an aromatic ring is 1. The second-order valence-electron chi connectivity index (χ2n) is 5.84. The fourth-order valence-corrected chi connectivity index (χ4v) is 3.37. The van der Waals surface area contributed by atoms with Crippen molar-refractivity contribution in [2.24, 2.45) is 0 Å². The number of aromatic nitrogens is 4. The van der Waals surface area contributed by atoms with Gasteiger partial charge in [0.05, 0.1) is 16.6 Å². The van der Waals surface area contributed by atoms with Crippen LogP contribution < -0.4 is 11.1 Å². The predicted octanol–water partition coefficient (Wildman–Crippen LogP) is 3.86. The highest BCUT2D eigenvalue weighted by Crippen LogP contribution is 2.26. The zero-order valence-electron chi connectivity index (χ0n) is 13.8. The molecule has 0 aliphatic rings. The summed E-state index contributed by atoms with van der Waals surface area (Å²) in [7, 11) is 0. The highest BCUT2D eigenvalue weighted by Gasteiger charge is 2.10. The van der Waals surface area contributed by atoms with Crippen molar-refractivity contribution >= 4 is 45.7 Å². The number of nitrogens with zero attached hydrogens (tertiary/aromatic N) is 3. The minimum absolute atomic E-state index is 0.600. The summed E-state index contributed by atoms with van der Waals surface area (Å²) in [5.41, 5.74) is 10.7. The third-order valence-corrected chi connectivity index (χ3v) is 4.67. The summed E-state index contributed by atoms with van der Waals surface area (Å²) in [6.07, 6.45) is 1.57. The molecule has 0 unspecified atom stereocenters. The molecule has 0 fully saturated rings. The Morgan fingerprint density at radius 1 is 1.24 bits per heavy atom. The number of rotatable bonds is 4. The van der Waals surface area contributed by atoms with Gasteiger partial charge in [0.25, 0.3) is 0 Å². The number of aryl methyl sites for hydroxylation is 1. The van der Waals surface area contributed by atoms with Crippen LogP contribution in [0.2, 0.25) is 0 Å². The van der Waals surface area contributed by atoms with Gasteiger partial charge in [-0.05, 0) is 42.9 Å². The minimum atomic E-state index is 0.600. The molecule has 0 aliphatic carbocycles. The molecular formula is C18H18N6S. The Labute approximate surface area is 149 Å².